The van der Waals surface area contributed by atoms with Crippen molar-refractivity contribution in [2.45, 2.75) is 43.4 Å². The van der Waals surface area contributed by atoms with Crippen LogP contribution in [-0.2, 0) is 19.6 Å². The van der Waals surface area contributed by atoms with Crippen molar-refractivity contribution in [2.75, 3.05) is 34.7 Å². The molecule has 0 aromatic heterocycles. The summed E-state index contributed by atoms with van der Waals surface area (Å²) in [6.45, 7) is 2.01. The number of sulfonamides is 1. The van der Waals surface area contributed by atoms with Crippen LogP contribution in [-0.4, -0.2) is 40.4 Å². The summed E-state index contributed by atoms with van der Waals surface area (Å²) in [4.78, 5) is 27.8. The zero-order chi connectivity index (χ0) is 22.7. The summed E-state index contributed by atoms with van der Waals surface area (Å²) in [6, 6.07) is 11.6. The van der Waals surface area contributed by atoms with Crippen LogP contribution >= 0.6 is 0 Å². The smallest absolute Gasteiger partial charge is 0.265 e. The molecule has 2 heterocycles. The van der Waals surface area contributed by atoms with Gasteiger partial charge in [-0.1, -0.05) is 0 Å². The van der Waals surface area contributed by atoms with Crippen molar-refractivity contribution in [1.82, 2.24) is 0 Å². The molecule has 0 bridgehead atoms. The van der Waals surface area contributed by atoms with Gasteiger partial charge >= 0.3 is 0 Å². The van der Waals surface area contributed by atoms with Crippen LogP contribution in [0.15, 0.2) is 47.4 Å². The molecule has 2 aromatic carbocycles. The van der Waals surface area contributed by atoms with Crippen LogP contribution < -0.4 is 19.3 Å². The van der Waals surface area contributed by atoms with Crippen molar-refractivity contribution in [3.05, 3.63) is 42.5 Å². The van der Waals surface area contributed by atoms with E-state index in [0.717, 1.165) is 36.5 Å². The molecule has 2 aromatic rings. The molecule has 4 rings (SSSR count). The highest BCUT2D eigenvalue weighted by Gasteiger charge is 2.30. The predicted octanol–water partition coefficient (Wildman–Crippen LogP) is 3.53. The molecule has 9 heteroatoms. The third-order valence-electron chi connectivity index (χ3n) is 5.82. The Bertz CT molecular complexity index is 1090. The fraction of sp³-hybridized carbons (Fsp3) is 0.391. The molecular weight excluding hydrogens is 430 g/mol. The second-order valence-corrected chi connectivity index (χ2v) is 9.66. The van der Waals surface area contributed by atoms with Crippen LogP contribution in [0.4, 0.5) is 17.1 Å². The van der Waals surface area contributed by atoms with Crippen molar-refractivity contribution in [3.8, 4) is 5.75 Å². The minimum absolute atomic E-state index is 0.128. The summed E-state index contributed by atoms with van der Waals surface area (Å²) in [5.41, 5.74) is 1.71. The molecule has 32 heavy (non-hydrogen) atoms. The van der Waals surface area contributed by atoms with E-state index in [0.29, 0.717) is 12.1 Å². The minimum atomic E-state index is -4.03. The van der Waals surface area contributed by atoms with Crippen molar-refractivity contribution in [1.29, 1.82) is 0 Å². The molecular formula is C23H27N3O5S. The first-order chi connectivity index (χ1) is 15.4. The Morgan fingerprint density at radius 2 is 1.47 bits per heavy atom. The Hall–Kier alpha value is -3.07. The van der Waals surface area contributed by atoms with Gasteiger partial charge in [-0.05, 0) is 68.1 Å². The number of nitrogens with zero attached hydrogens (tertiary/aromatic N) is 2. The van der Waals surface area contributed by atoms with Gasteiger partial charge in [-0.2, -0.15) is 0 Å². The van der Waals surface area contributed by atoms with Gasteiger partial charge in [0.25, 0.3) is 10.0 Å². The highest BCUT2D eigenvalue weighted by Crippen LogP contribution is 2.32. The van der Waals surface area contributed by atoms with Gasteiger partial charge < -0.3 is 9.64 Å². The van der Waals surface area contributed by atoms with Crippen molar-refractivity contribution >= 4 is 38.9 Å². The van der Waals surface area contributed by atoms with E-state index >= 15 is 0 Å². The number of benzene rings is 2. The maximum absolute atomic E-state index is 13.2. The highest BCUT2D eigenvalue weighted by atomic mass is 32.2. The van der Waals surface area contributed by atoms with Gasteiger partial charge in [-0.25, -0.2) is 8.42 Å². The Balaban J connectivity index is 1.60. The Morgan fingerprint density at radius 1 is 0.844 bits per heavy atom. The molecule has 0 spiro atoms. The molecule has 0 unspecified atom stereocenters. The number of hydrogen-bond donors (Lipinski definition) is 1. The molecule has 0 aliphatic carbocycles. The van der Waals surface area contributed by atoms with Crippen LogP contribution in [0.3, 0.4) is 0 Å². The number of carbonyl (C=O) groups is 2. The first kappa shape index (κ1) is 22.1. The van der Waals surface area contributed by atoms with Crippen molar-refractivity contribution in [2.24, 2.45) is 0 Å². The fourth-order valence-corrected chi connectivity index (χ4v) is 5.41. The van der Waals surface area contributed by atoms with Gasteiger partial charge in [0.2, 0.25) is 11.8 Å². The van der Waals surface area contributed by atoms with Crippen molar-refractivity contribution < 1.29 is 22.7 Å². The van der Waals surface area contributed by atoms with E-state index in [1.807, 2.05) is 12.1 Å². The molecule has 1 N–H and O–H groups in total. The number of methoxy groups -OCH3 is 1. The number of piperidine rings is 2. The van der Waals surface area contributed by atoms with Gasteiger partial charge in [0.05, 0.1) is 12.8 Å². The van der Waals surface area contributed by atoms with E-state index in [-0.39, 0.29) is 41.0 Å². The van der Waals surface area contributed by atoms with Crippen LogP contribution in [0.2, 0.25) is 0 Å². The molecule has 0 saturated carbocycles. The second kappa shape index (κ2) is 9.20. The first-order valence-corrected chi connectivity index (χ1v) is 12.3. The molecule has 170 valence electrons. The van der Waals surface area contributed by atoms with E-state index in [9.17, 15) is 18.0 Å². The number of nitrogens with one attached hydrogen (secondary N) is 1. The molecule has 2 saturated heterocycles. The Labute approximate surface area is 188 Å². The number of carbonyl (C=O) groups excluding carboxylic acids is 2. The Kier molecular flexibility index (Phi) is 6.36. The van der Waals surface area contributed by atoms with Crippen LogP contribution in [0.5, 0.6) is 5.75 Å². The molecule has 2 aliphatic rings. The third kappa shape index (κ3) is 4.57. The van der Waals surface area contributed by atoms with Gasteiger partial charge in [0.15, 0.2) is 0 Å². The summed E-state index contributed by atoms with van der Waals surface area (Å²) < 4.78 is 34.2. The summed E-state index contributed by atoms with van der Waals surface area (Å²) in [6.07, 6.45) is 4.57. The van der Waals surface area contributed by atoms with Gasteiger partial charge in [-0.3, -0.25) is 19.2 Å². The van der Waals surface area contributed by atoms with E-state index in [4.69, 9.17) is 4.74 Å². The normalized spacial score (nSPS) is 17.4. The largest absolute Gasteiger partial charge is 0.495 e. The lowest BCUT2D eigenvalue weighted by Crippen LogP contribution is -2.40. The Morgan fingerprint density at radius 3 is 2.09 bits per heavy atom. The van der Waals surface area contributed by atoms with Gasteiger partial charge in [-0.15, -0.1) is 0 Å². The number of anilines is 3. The topological polar surface area (TPSA) is 96.0 Å². The summed E-state index contributed by atoms with van der Waals surface area (Å²) in [5.74, 6) is -0.546. The summed E-state index contributed by atoms with van der Waals surface area (Å²) in [7, 11) is -2.65. The first-order valence-electron chi connectivity index (χ1n) is 10.8. The van der Waals surface area contributed by atoms with Crippen LogP contribution in [0, 0.1) is 0 Å². The van der Waals surface area contributed by atoms with Crippen molar-refractivity contribution in [3.63, 3.8) is 0 Å². The second-order valence-electron chi connectivity index (χ2n) is 8.01. The lowest BCUT2D eigenvalue weighted by Gasteiger charge is -2.28. The van der Waals surface area contributed by atoms with E-state index in [1.54, 1.807) is 12.1 Å². The number of amides is 2. The fourth-order valence-electron chi connectivity index (χ4n) is 4.16. The van der Waals surface area contributed by atoms with Gasteiger partial charge in [0.1, 0.15) is 10.6 Å². The maximum atomic E-state index is 13.2. The SMILES string of the molecule is COc1ccc(N2C(=O)CCCC2=O)cc1S(=O)(=O)Nc1ccc(N2CCCCC2)cc1. The van der Waals surface area contributed by atoms with Gasteiger partial charge in [0, 0.05) is 37.3 Å². The maximum Gasteiger partial charge on any atom is 0.265 e. The third-order valence-corrected chi connectivity index (χ3v) is 7.22. The molecule has 8 nitrogen and oxygen atoms in total. The quantitative estimate of drug-likeness (QED) is 0.667. The summed E-state index contributed by atoms with van der Waals surface area (Å²) in [5, 5.41) is 0. The molecule has 2 amide bonds. The highest BCUT2D eigenvalue weighted by molar-refractivity contribution is 7.92. The number of ether oxygens (including phenoxy) is 1. The zero-order valence-corrected chi connectivity index (χ0v) is 18.9. The van der Waals surface area contributed by atoms with Crippen LogP contribution in [0.25, 0.3) is 0 Å². The monoisotopic (exact) mass is 457 g/mol. The standard InChI is InChI=1S/C23H27N3O5S/c1-31-20-13-12-19(26-22(27)6-5-7-23(26)28)16-21(20)32(29,30)24-17-8-10-18(11-9-17)25-14-3-2-4-15-25/h8-13,16,24H,2-7,14-15H2,1H3. The lowest BCUT2D eigenvalue weighted by atomic mass is 10.1. The van der Waals surface area contributed by atoms with E-state index in [1.165, 1.54) is 31.7 Å². The molecule has 0 radical (unpaired) electrons. The number of hydrogen-bond acceptors (Lipinski definition) is 6. The molecule has 2 fully saturated rings. The predicted molar refractivity (Wildman–Crippen MR) is 123 cm³/mol. The lowest BCUT2D eigenvalue weighted by molar-refractivity contribution is -0.129. The average Bonchev–Trinajstić information content (AvgIpc) is 2.80. The van der Waals surface area contributed by atoms with E-state index in [2.05, 4.69) is 9.62 Å². The molecule has 2 aliphatic heterocycles. The minimum Gasteiger partial charge on any atom is -0.495 e. The average molecular weight is 458 g/mol. The number of imide groups is 1. The van der Waals surface area contributed by atoms with Crippen LogP contribution in [0.1, 0.15) is 38.5 Å². The number of rotatable bonds is 6. The van der Waals surface area contributed by atoms with E-state index < -0.39 is 10.0 Å². The molecule has 0 atom stereocenters. The summed E-state index contributed by atoms with van der Waals surface area (Å²) >= 11 is 0. The zero-order valence-electron chi connectivity index (χ0n) is 18.0.